The Morgan fingerprint density at radius 3 is 1.90 bits per heavy atom. The molecule has 0 aliphatic rings. The van der Waals surface area contributed by atoms with Gasteiger partial charge in [0.15, 0.2) is 0 Å². The van der Waals surface area contributed by atoms with E-state index in [0.717, 1.165) is 17.0 Å². The van der Waals surface area contributed by atoms with Gasteiger partial charge in [0.25, 0.3) is 0 Å². The van der Waals surface area contributed by atoms with Gasteiger partial charge in [0, 0.05) is 18.1 Å². The molecular weight excluding hydrogens is 294 g/mol. The molecule has 0 aliphatic heterocycles. The van der Waals surface area contributed by atoms with Gasteiger partial charge in [-0.1, -0.05) is 13.2 Å². The van der Waals surface area contributed by atoms with Crippen molar-refractivity contribution in [2.75, 3.05) is 27.7 Å². The smallest absolute Gasteiger partial charge is 0.333 e. The minimum Gasteiger partial charge on any atom is -1.00 e. The van der Waals surface area contributed by atoms with Crippen molar-refractivity contribution in [3.8, 4) is 0 Å². The molecule has 0 aromatic heterocycles. The van der Waals surface area contributed by atoms with Gasteiger partial charge >= 0.3 is 11.9 Å². The summed E-state index contributed by atoms with van der Waals surface area (Å²) in [5.41, 5.74) is 0.549. The highest BCUT2D eigenvalue weighted by Gasteiger charge is 2.32. The van der Waals surface area contributed by atoms with Gasteiger partial charge < -0.3 is 26.7 Å². The number of halogens is 1. The molecule has 0 spiro atoms. The van der Waals surface area contributed by atoms with Crippen molar-refractivity contribution in [2.45, 2.75) is 32.7 Å². The largest absolute Gasteiger partial charge is 1.00 e. The molecule has 0 atom stereocenters. The lowest BCUT2D eigenvalue weighted by molar-refractivity contribution is -0.920. The second-order valence-electron chi connectivity index (χ2n) is 6.03. The standard InChI is InChI=1S/C12H24NO2.C3H4O2.ClH/c1-10(2)11(14)15-9-8-12(3,4)13(5,6)7;1-2-3(4)5;/h1,8-9H2,2-7H3;2H,1H2,(H,4,5);1H/q+1;;/p-1. The third kappa shape index (κ3) is 12.1. The fourth-order valence-electron chi connectivity index (χ4n) is 0.852. The molecule has 0 aliphatic carbocycles. The van der Waals surface area contributed by atoms with Gasteiger partial charge in [-0.2, -0.15) is 0 Å². The number of rotatable bonds is 6. The van der Waals surface area contributed by atoms with Crippen molar-refractivity contribution in [1.82, 2.24) is 0 Å². The molecule has 0 rings (SSSR count). The fraction of sp³-hybridized carbons (Fsp3) is 0.600. The summed E-state index contributed by atoms with van der Waals surface area (Å²) in [5, 5.41) is 7.60. The predicted octanol–water partition coefficient (Wildman–Crippen LogP) is -0.758. The third-order valence-electron chi connectivity index (χ3n) is 3.29. The zero-order valence-corrected chi connectivity index (χ0v) is 14.7. The number of ether oxygens (including phenoxy) is 1. The lowest BCUT2D eigenvalue weighted by Crippen LogP contribution is -3.00. The number of carbonyl (C=O) groups is 2. The van der Waals surface area contributed by atoms with Crippen LogP contribution >= 0.6 is 0 Å². The average Bonchev–Trinajstić information content (AvgIpc) is 2.27. The number of esters is 1. The molecule has 0 saturated carbocycles. The molecule has 124 valence electrons. The van der Waals surface area contributed by atoms with E-state index in [1.54, 1.807) is 6.92 Å². The van der Waals surface area contributed by atoms with E-state index in [4.69, 9.17) is 9.84 Å². The maximum Gasteiger partial charge on any atom is 0.333 e. The Labute approximate surface area is 134 Å². The summed E-state index contributed by atoms with van der Waals surface area (Å²) >= 11 is 0. The lowest BCUT2D eigenvalue weighted by atomic mass is 9.97. The summed E-state index contributed by atoms with van der Waals surface area (Å²) < 4.78 is 5.93. The molecule has 0 unspecified atom stereocenters. The number of aliphatic carboxylic acids is 1. The molecule has 0 bridgehead atoms. The molecule has 0 fully saturated rings. The zero-order chi connectivity index (χ0) is 16.6. The first-order chi connectivity index (χ1) is 8.85. The van der Waals surface area contributed by atoms with E-state index in [2.05, 4.69) is 48.1 Å². The molecule has 0 aromatic carbocycles. The van der Waals surface area contributed by atoms with Crippen LogP contribution in [0.1, 0.15) is 27.2 Å². The van der Waals surface area contributed by atoms with Crippen LogP contribution in [-0.2, 0) is 14.3 Å². The summed E-state index contributed by atoms with van der Waals surface area (Å²) in [6, 6.07) is 0. The maximum atomic E-state index is 11.2. The Bertz CT molecular complexity index is 370. The number of hydrogen-bond acceptors (Lipinski definition) is 3. The first-order valence-electron chi connectivity index (χ1n) is 6.34. The van der Waals surface area contributed by atoms with Crippen molar-refractivity contribution in [2.24, 2.45) is 0 Å². The molecule has 1 N–H and O–H groups in total. The van der Waals surface area contributed by atoms with E-state index < -0.39 is 5.97 Å². The van der Waals surface area contributed by atoms with Crippen LogP contribution in [0.3, 0.4) is 0 Å². The lowest BCUT2D eigenvalue weighted by Gasteiger charge is -2.41. The Kier molecular flexibility index (Phi) is 12.2. The first kappa shape index (κ1) is 24.7. The van der Waals surface area contributed by atoms with E-state index in [-0.39, 0.29) is 23.9 Å². The van der Waals surface area contributed by atoms with Gasteiger partial charge in [-0.15, -0.1) is 0 Å². The number of carbonyl (C=O) groups excluding carboxylic acids is 1. The molecule has 0 aromatic rings. The predicted molar refractivity (Wildman–Crippen MR) is 80.3 cm³/mol. The molecule has 0 radical (unpaired) electrons. The van der Waals surface area contributed by atoms with Crippen LogP contribution in [0.15, 0.2) is 24.8 Å². The highest BCUT2D eigenvalue weighted by molar-refractivity contribution is 5.86. The van der Waals surface area contributed by atoms with E-state index in [1.807, 2.05) is 0 Å². The van der Waals surface area contributed by atoms with Crippen molar-refractivity contribution in [3.63, 3.8) is 0 Å². The van der Waals surface area contributed by atoms with Crippen LogP contribution in [-0.4, -0.2) is 54.8 Å². The highest BCUT2D eigenvalue weighted by atomic mass is 35.5. The summed E-state index contributed by atoms with van der Waals surface area (Å²) in [7, 11) is 6.42. The fourth-order valence-corrected chi connectivity index (χ4v) is 0.852. The topological polar surface area (TPSA) is 63.6 Å². The van der Waals surface area contributed by atoms with Crippen LogP contribution in [0.2, 0.25) is 0 Å². The Morgan fingerprint density at radius 2 is 1.67 bits per heavy atom. The average molecular weight is 322 g/mol. The van der Waals surface area contributed by atoms with Gasteiger partial charge in [0.2, 0.25) is 0 Å². The van der Waals surface area contributed by atoms with Crippen molar-refractivity contribution in [3.05, 3.63) is 24.8 Å². The van der Waals surface area contributed by atoms with E-state index in [0.29, 0.717) is 12.2 Å². The molecule has 5 nitrogen and oxygen atoms in total. The van der Waals surface area contributed by atoms with Gasteiger partial charge in [0.1, 0.15) is 0 Å². The van der Waals surface area contributed by atoms with Crippen LogP contribution in [0, 0.1) is 0 Å². The molecule has 0 heterocycles. The summed E-state index contributed by atoms with van der Waals surface area (Å²) in [4.78, 5) is 20.4. The van der Waals surface area contributed by atoms with Crippen LogP contribution in [0.25, 0.3) is 0 Å². The van der Waals surface area contributed by atoms with Gasteiger partial charge in [-0.05, 0) is 20.8 Å². The summed E-state index contributed by atoms with van der Waals surface area (Å²) in [5.74, 6) is -1.28. The third-order valence-corrected chi connectivity index (χ3v) is 3.29. The molecular formula is C15H28ClNO4. The Hall–Kier alpha value is -1.33. The Morgan fingerprint density at radius 1 is 1.29 bits per heavy atom. The minimum atomic E-state index is -0.981. The first-order valence-corrected chi connectivity index (χ1v) is 6.34. The normalized spacial score (nSPS) is 10.4. The van der Waals surface area contributed by atoms with Crippen molar-refractivity contribution >= 4 is 11.9 Å². The second-order valence-corrected chi connectivity index (χ2v) is 6.03. The van der Waals surface area contributed by atoms with E-state index in [1.165, 1.54) is 0 Å². The molecule has 6 heteroatoms. The number of carboxylic acid groups (broad SMARTS) is 1. The SMILES string of the molecule is C=C(C)C(=O)OCCC(C)(C)[N+](C)(C)C.C=CC(=O)O.[Cl-]. The summed E-state index contributed by atoms with van der Waals surface area (Å²) in [6.07, 6.45) is 1.68. The number of nitrogens with zero attached hydrogens (tertiary/aromatic N) is 1. The maximum absolute atomic E-state index is 11.2. The van der Waals surface area contributed by atoms with Crippen molar-refractivity contribution in [1.29, 1.82) is 0 Å². The quantitative estimate of drug-likeness (QED) is 0.397. The van der Waals surface area contributed by atoms with Gasteiger partial charge in [-0.3, -0.25) is 0 Å². The van der Waals surface area contributed by atoms with Crippen LogP contribution in [0.4, 0.5) is 0 Å². The van der Waals surface area contributed by atoms with Crippen LogP contribution in [0.5, 0.6) is 0 Å². The van der Waals surface area contributed by atoms with E-state index >= 15 is 0 Å². The molecule has 21 heavy (non-hydrogen) atoms. The highest BCUT2D eigenvalue weighted by Crippen LogP contribution is 2.21. The second kappa shape index (κ2) is 10.4. The van der Waals surface area contributed by atoms with Gasteiger partial charge in [-0.25, -0.2) is 9.59 Å². The Balaban J connectivity index is -0.000000465. The number of carboxylic acids is 1. The monoisotopic (exact) mass is 321 g/mol. The number of hydrogen-bond donors (Lipinski definition) is 1. The van der Waals surface area contributed by atoms with Crippen LogP contribution < -0.4 is 12.4 Å². The molecule has 0 saturated heterocycles. The van der Waals surface area contributed by atoms with E-state index in [9.17, 15) is 9.59 Å². The van der Waals surface area contributed by atoms with Crippen molar-refractivity contribution < 1.29 is 36.3 Å². The summed E-state index contributed by atoms with van der Waals surface area (Å²) in [6.45, 7) is 13.0. The number of quaternary nitrogens is 1. The molecule has 0 amide bonds. The van der Waals surface area contributed by atoms with Gasteiger partial charge in [0.05, 0.1) is 33.3 Å². The minimum absolute atomic E-state index is 0. The zero-order valence-electron chi connectivity index (χ0n) is 13.9.